The molecule has 2 aromatic rings. The van der Waals surface area contributed by atoms with Crippen LogP contribution in [0.3, 0.4) is 0 Å². The third-order valence-corrected chi connectivity index (χ3v) is 10.1. The summed E-state index contributed by atoms with van der Waals surface area (Å²) >= 11 is 0. The van der Waals surface area contributed by atoms with E-state index in [0.29, 0.717) is 31.1 Å². The van der Waals surface area contributed by atoms with Gasteiger partial charge in [-0.2, -0.15) is 13.2 Å². The summed E-state index contributed by atoms with van der Waals surface area (Å²) < 4.78 is 39.1. The maximum atomic E-state index is 13.1. The minimum atomic E-state index is -4.55. The number of carbonyl (C=O) groups excluding carboxylic acids is 2. The highest BCUT2D eigenvalue weighted by Gasteiger charge is 2.48. The Morgan fingerprint density at radius 3 is 2.36 bits per heavy atom. The molecule has 2 unspecified atom stereocenters. The molecule has 4 fully saturated rings. The highest BCUT2D eigenvalue weighted by Crippen LogP contribution is 2.42. The number of piperidine rings is 1. The van der Waals surface area contributed by atoms with Gasteiger partial charge < -0.3 is 25.3 Å². The van der Waals surface area contributed by atoms with Gasteiger partial charge in [-0.15, -0.1) is 0 Å². The summed E-state index contributed by atoms with van der Waals surface area (Å²) in [5, 5.41) is 23.8. The summed E-state index contributed by atoms with van der Waals surface area (Å²) in [6.07, 6.45) is 3.07. The molecule has 1 aromatic carbocycles. The fourth-order valence-corrected chi connectivity index (χ4v) is 7.62. The van der Waals surface area contributed by atoms with Gasteiger partial charge >= 0.3 is 6.18 Å². The second kappa shape index (κ2) is 12.3. The van der Waals surface area contributed by atoms with Crippen LogP contribution >= 0.6 is 0 Å². The normalized spacial score (nSPS) is 28.2. The number of alkyl halides is 3. The molecule has 1 aliphatic carbocycles. The predicted octanol–water partition coefficient (Wildman–Crippen LogP) is 3.30. The van der Waals surface area contributed by atoms with E-state index in [9.17, 15) is 33.0 Å². The number of pyridine rings is 1. The van der Waals surface area contributed by atoms with Crippen LogP contribution in [0.1, 0.15) is 73.0 Å². The Hall–Kier alpha value is -3.22. The van der Waals surface area contributed by atoms with E-state index in [2.05, 4.69) is 20.1 Å². The first-order chi connectivity index (χ1) is 21.0. The lowest BCUT2D eigenvalue weighted by Crippen LogP contribution is -2.47. The molecule has 12 heteroatoms. The average molecular weight is 616 g/mol. The first-order valence-corrected chi connectivity index (χ1v) is 15.6. The number of rotatable bonds is 6. The van der Waals surface area contributed by atoms with Crippen LogP contribution in [0.4, 0.5) is 18.9 Å². The van der Waals surface area contributed by atoms with E-state index in [-0.39, 0.29) is 36.2 Å². The van der Waals surface area contributed by atoms with Gasteiger partial charge in [-0.05, 0) is 81.7 Å². The number of anilines is 1. The molecular formula is C32H40F3N5O4. The molecule has 3 N–H and O–H groups in total. The van der Waals surface area contributed by atoms with Crippen molar-refractivity contribution in [2.75, 3.05) is 37.6 Å². The van der Waals surface area contributed by atoms with Crippen LogP contribution < -0.4 is 10.2 Å². The van der Waals surface area contributed by atoms with Crippen molar-refractivity contribution >= 4 is 17.5 Å². The highest BCUT2D eigenvalue weighted by molar-refractivity contribution is 5.96. The molecule has 0 bridgehead atoms. The topological polar surface area (TPSA) is 109 Å². The third-order valence-electron chi connectivity index (χ3n) is 10.1. The number of hydrogen-bond acceptors (Lipinski definition) is 7. The van der Waals surface area contributed by atoms with Crippen molar-refractivity contribution in [1.29, 1.82) is 0 Å². The van der Waals surface area contributed by atoms with Crippen molar-refractivity contribution in [2.45, 2.75) is 87.4 Å². The van der Waals surface area contributed by atoms with Crippen LogP contribution in [-0.4, -0.2) is 93.8 Å². The molecule has 6 rings (SSSR count). The van der Waals surface area contributed by atoms with Gasteiger partial charge in [-0.25, -0.2) is 0 Å². The Labute approximate surface area is 255 Å². The van der Waals surface area contributed by atoms with Crippen molar-refractivity contribution in [3.63, 3.8) is 0 Å². The summed E-state index contributed by atoms with van der Waals surface area (Å²) in [7, 11) is 0. The fourth-order valence-electron chi connectivity index (χ4n) is 7.62. The molecule has 4 aliphatic rings. The standard InChI is InChI=1S/C32H40F3N5O4/c33-32(34,35)22-3-1-2-21(18-22)30(43)37-20-29(42)40-17-11-26-27(40)10-16-39(26)23-6-12-31(44,13-7-23)28-5-4-24(19-36-28)38-14-8-25(41)9-15-38/h1-5,18-19,23,25-27,41,44H,6-17,20H2,(H,37,43). The largest absolute Gasteiger partial charge is 0.416 e. The number of amides is 2. The van der Waals surface area contributed by atoms with Gasteiger partial charge in [0, 0.05) is 49.9 Å². The zero-order valence-corrected chi connectivity index (χ0v) is 24.7. The van der Waals surface area contributed by atoms with Gasteiger partial charge in [0.2, 0.25) is 5.91 Å². The van der Waals surface area contributed by atoms with Crippen molar-refractivity contribution in [3.05, 3.63) is 59.4 Å². The number of aliphatic hydroxyl groups is 2. The van der Waals surface area contributed by atoms with E-state index in [0.717, 1.165) is 76.0 Å². The van der Waals surface area contributed by atoms with E-state index in [1.165, 1.54) is 12.1 Å². The number of carbonyl (C=O) groups is 2. The lowest BCUT2D eigenvalue weighted by atomic mass is 9.79. The maximum Gasteiger partial charge on any atom is 0.416 e. The number of likely N-dealkylation sites (tertiary alicyclic amines) is 2. The molecule has 1 saturated carbocycles. The van der Waals surface area contributed by atoms with Crippen LogP contribution in [0.5, 0.6) is 0 Å². The summed E-state index contributed by atoms with van der Waals surface area (Å²) in [5.74, 6) is -0.939. The molecule has 2 atom stereocenters. The molecule has 2 amide bonds. The number of nitrogens with zero attached hydrogens (tertiary/aromatic N) is 4. The number of aliphatic hydroxyl groups excluding tert-OH is 1. The van der Waals surface area contributed by atoms with Crippen LogP contribution in [0.2, 0.25) is 0 Å². The summed E-state index contributed by atoms with van der Waals surface area (Å²) in [5.41, 5.74) is -0.306. The first kappa shape index (κ1) is 30.8. The summed E-state index contributed by atoms with van der Waals surface area (Å²) in [6.45, 7) is 2.76. The molecule has 0 spiro atoms. The van der Waals surface area contributed by atoms with Gasteiger partial charge in [0.15, 0.2) is 0 Å². The monoisotopic (exact) mass is 615 g/mol. The molecule has 1 aromatic heterocycles. The molecule has 3 aliphatic heterocycles. The first-order valence-electron chi connectivity index (χ1n) is 15.6. The van der Waals surface area contributed by atoms with Gasteiger partial charge in [0.25, 0.3) is 5.91 Å². The Bertz CT molecular complexity index is 1340. The van der Waals surface area contributed by atoms with Crippen molar-refractivity contribution in [1.82, 2.24) is 20.1 Å². The summed E-state index contributed by atoms with van der Waals surface area (Å²) in [6, 6.07) is 8.69. The van der Waals surface area contributed by atoms with Crippen molar-refractivity contribution in [3.8, 4) is 0 Å². The lowest BCUT2D eigenvalue weighted by molar-refractivity contribution is -0.137. The molecule has 44 heavy (non-hydrogen) atoms. The second-order valence-electron chi connectivity index (χ2n) is 12.7. The number of halogens is 3. The molecule has 238 valence electrons. The fraction of sp³-hybridized carbons (Fsp3) is 0.594. The predicted molar refractivity (Wildman–Crippen MR) is 157 cm³/mol. The van der Waals surface area contributed by atoms with E-state index in [1.54, 1.807) is 0 Å². The van der Waals surface area contributed by atoms with Crippen LogP contribution in [0.15, 0.2) is 42.6 Å². The maximum absolute atomic E-state index is 13.1. The average Bonchev–Trinajstić information content (AvgIpc) is 3.63. The Morgan fingerprint density at radius 1 is 0.955 bits per heavy atom. The minimum absolute atomic E-state index is 0.0406. The molecule has 9 nitrogen and oxygen atoms in total. The molecule has 4 heterocycles. The van der Waals surface area contributed by atoms with Gasteiger partial charge in [0.05, 0.1) is 35.8 Å². The number of benzene rings is 1. The third kappa shape index (κ3) is 6.29. The number of aromatic nitrogens is 1. The summed E-state index contributed by atoms with van der Waals surface area (Å²) in [4.78, 5) is 36.7. The molecular weight excluding hydrogens is 575 g/mol. The van der Waals surface area contributed by atoms with Gasteiger partial charge in [-0.3, -0.25) is 19.5 Å². The zero-order valence-electron chi connectivity index (χ0n) is 24.7. The van der Waals surface area contributed by atoms with Gasteiger partial charge in [0.1, 0.15) is 5.60 Å². The number of fused-ring (bicyclic) bond motifs is 1. The SMILES string of the molecule is O=C(NCC(=O)N1CCC2C1CCN2C1CCC(O)(c2ccc(N3CCC(O)CC3)cn2)CC1)c1cccc(C(F)(F)F)c1. The van der Waals surface area contributed by atoms with Crippen LogP contribution in [-0.2, 0) is 16.6 Å². The lowest BCUT2D eigenvalue weighted by Gasteiger charge is -2.41. The van der Waals surface area contributed by atoms with Crippen molar-refractivity contribution in [2.24, 2.45) is 0 Å². The zero-order chi connectivity index (χ0) is 31.1. The smallest absolute Gasteiger partial charge is 0.393 e. The molecule has 0 radical (unpaired) electrons. The van der Waals surface area contributed by atoms with Crippen LogP contribution in [0, 0.1) is 0 Å². The number of hydrogen-bond donors (Lipinski definition) is 3. The molecule has 3 saturated heterocycles. The van der Waals surface area contributed by atoms with Crippen LogP contribution in [0.25, 0.3) is 0 Å². The van der Waals surface area contributed by atoms with Gasteiger partial charge in [-0.1, -0.05) is 6.07 Å². The Kier molecular flexibility index (Phi) is 8.60. The second-order valence-corrected chi connectivity index (χ2v) is 12.7. The van der Waals surface area contributed by atoms with Crippen molar-refractivity contribution < 1.29 is 33.0 Å². The number of nitrogens with one attached hydrogen (secondary N) is 1. The van der Waals surface area contributed by atoms with E-state index in [4.69, 9.17) is 0 Å². The van der Waals surface area contributed by atoms with E-state index < -0.39 is 23.2 Å². The van der Waals surface area contributed by atoms with E-state index in [1.807, 2.05) is 23.2 Å². The minimum Gasteiger partial charge on any atom is -0.393 e. The Balaban J connectivity index is 0.997. The highest BCUT2D eigenvalue weighted by atomic mass is 19.4. The van der Waals surface area contributed by atoms with E-state index >= 15 is 0 Å². The Morgan fingerprint density at radius 2 is 1.68 bits per heavy atom. The quantitative estimate of drug-likeness (QED) is 0.458.